The van der Waals surface area contributed by atoms with Gasteiger partial charge in [-0.3, -0.25) is 0 Å². The summed E-state index contributed by atoms with van der Waals surface area (Å²) in [6, 6.07) is 9.61. The van der Waals surface area contributed by atoms with Gasteiger partial charge < -0.3 is 15.0 Å². The highest BCUT2D eigenvalue weighted by atomic mass is 79.9. The quantitative estimate of drug-likeness (QED) is 0.759. The van der Waals surface area contributed by atoms with E-state index in [1.807, 2.05) is 35.7 Å². The van der Waals surface area contributed by atoms with Gasteiger partial charge in [0, 0.05) is 4.47 Å². The largest absolute Gasteiger partial charge is 0.497 e. The number of hydrogen-bond donors (Lipinski definition) is 1. The lowest BCUT2D eigenvalue weighted by molar-refractivity contribution is 0.415. The lowest BCUT2D eigenvalue weighted by Crippen LogP contribution is -1.89. The number of halogens is 1. The van der Waals surface area contributed by atoms with Gasteiger partial charge in [-0.25, -0.2) is 0 Å². The van der Waals surface area contributed by atoms with Crippen molar-refractivity contribution in [3.05, 3.63) is 40.2 Å². The van der Waals surface area contributed by atoms with E-state index in [-0.39, 0.29) is 0 Å². The minimum atomic E-state index is 0.380. The minimum absolute atomic E-state index is 0.380. The summed E-state index contributed by atoms with van der Waals surface area (Å²) in [4.78, 5) is 0.972. The van der Waals surface area contributed by atoms with Crippen molar-refractivity contribution in [3.63, 3.8) is 0 Å². The molecule has 6 heteroatoms. The number of anilines is 1. The minimum Gasteiger partial charge on any atom is -0.497 e. The lowest BCUT2D eigenvalue weighted by atomic mass is 10.0. The van der Waals surface area contributed by atoms with Crippen molar-refractivity contribution in [1.82, 2.24) is 5.16 Å². The summed E-state index contributed by atoms with van der Waals surface area (Å²) < 4.78 is 11.5. The first kappa shape index (κ1) is 13.2. The van der Waals surface area contributed by atoms with E-state index in [9.17, 15) is 0 Å². The van der Waals surface area contributed by atoms with Crippen LogP contribution in [0.15, 0.2) is 44.7 Å². The summed E-state index contributed by atoms with van der Waals surface area (Å²) in [5.41, 5.74) is 7.70. The zero-order valence-corrected chi connectivity index (χ0v) is 13.0. The highest BCUT2D eigenvalue weighted by Crippen LogP contribution is 2.42. The molecule has 4 nitrogen and oxygen atoms in total. The predicted molar refractivity (Wildman–Crippen MR) is 83.9 cm³/mol. The van der Waals surface area contributed by atoms with E-state index in [4.69, 9.17) is 15.0 Å². The van der Waals surface area contributed by atoms with Crippen LogP contribution in [0.1, 0.15) is 0 Å². The molecule has 2 N–H and O–H groups in total. The van der Waals surface area contributed by atoms with Crippen molar-refractivity contribution in [2.75, 3.05) is 12.8 Å². The Labute approximate surface area is 128 Å². The Balaban J connectivity index is 2.13. The third-order valence-electron chi connectivity index (χ3n) is 2.92. The maximum Gasteiger partial charge on any atom is 0.187 e. The molecular weight excluding hydrogens is 340 g/mol. The normalized spacial score (nSPS) is 10.7. The van der Waals surface area contributed by atoms with Crippen LogP contribution < -0.4 is 10.5 Å². The van der Waals surface area contributed by atoms with Gasteiger partial charge in [-0.15, -0.1) is 11.3 Å². The number of methoxy groups -OCH3 is 1. The molecule has 0 saturated heterocycles. The maximum atomic E-state index is 5.95. The Morgan fingerprint density at radius 2 is 2.00 bits per heavy atom. The summed E-state index contributed by atoms with van der Waals surface area (Å²) in [7, 11) is 1.64. The summed E-state index contributed by atoms with van der Waals surface area (Å²) in [5.74, 6) is 1.85. The highest BCUT2D eigenvalue weighted by Gasteiger charge is 2.20. The molecule has 0 unspecified atom stereocenters. The van der Waals surface area contributed by atoms with E-state index >= 15 is 0 Å². The number of benzene rings is 1. The second-order valence-corrected chi connectivity index (χ2v) is 5.87. The van der Waals surface area contributed by atoms with Crippen LogP contribution in [0, 0.1) is 0 Å². The number of nitrogen functional groups attached to an aromatic ring is 1. The number of nitrogens with zero attached hydrogens (tertiary/aromatic N) is 1. The molecule has 2 heterocycles. The average molecular weight is 351 g/mol. The van der Waals surface area contributed by atoms with Gasteiger partial charge in [0.25, 0.3) is 0 Å². The topological polar surface area (TPSA) is 61.3 Å². The molecule has 0 aliphatic rings. The number of rotatable bonds is 3. The Kier molecular flexibility index (Phi) is 3.50. The number of ether oxygens (including phenoxy) is 1. The molecule has 0 aliphatic heterocycles. The van der Waals surface area contributed by atoms with Gasteiger partial charge in [0.1, 0.15) is 5.75 Å². The van der Waals surface area contributed by atoms with Crippen LogP contribution in [0.3, 0.4) is 0 Å². The van der Waals surface area contributed by atoms with Crippen molar-refractivity contribution < 1.29 is 9.26 Å². The van der Waals surface area contributed by atoms with E-state index < -0.39 is 0 Å². The Hall–Kier alpha value is -1.79. The average Bonchev–Trinajstić information content (AvgIpc) is 3.05. The standard InChI is InChI=1S/C14H11BrN2O2S/c1-18-9-4-2-8(3-5-9)11-12(19-17-14(11)16)13-10(15)6-7-20-13/h2-7H,1H3,(H2,16,17). The monoisotopic (exact) mass is 350 g/mol. The van der Waals surface area contributed by atoms with Crippen molar-refractivity contribution in [2.24, 2.45) is 0 Å². The maximum absolute atomic E-state index is 5.95. The van der Waals surface area contributed by atoms with Gasteiger partial charge in [-0.05, 0) is 45.1 Å². The van der Waals surface area contributed by atoms with Gasteiger partial charge in [-0.1, -0.05) is 17.3 Å². The van der Waals surface area contributed by atoms with E-state index in [1.165, 1.54) is 0 Å². The van der Waals surface area contributed by atoms with Crippen molar-refractivity contribution in [1.29, 1.82) is 0 Å². The van der Waals surface area contributed by atoms with Crippen LogP contribution in [-0.4, -0.2) is 12.3 Å². The van der Waals surface area contributed by atoms with E-state index in [0.717, 1.165) is 26.2 Å². The van der Waals surface area contributed by atoms with Crippen molar-refractivity contribution in [3.8, 4) is 27.5 Å². The second kappa shape index (κ2) is 5.30. The van der Waals surface area contributed by atoms with Gasteiger partial charge >= 0.3 is 0 Å². The number of nitrogens with two attached hydrogens (primary N) is 1. The third kappa shape index (κ3) is 2.21. The van der Waals surface area contributed by atoms with Gasteiger partial charge in [-0.2, -0.15) is 0 Å². The van der Waals surface area contributed by atoms with Gasteiger partial charge in [0.2, 0.25) is 0 Å². The van der Waals surface area contributed by atoms with Crippen LogP contribution >= 0.6 is 27.3 Å². The fraction of sp³-hybridized carbons (Fsp3) is 0.0714. The molecule has 3 rings (SSSR count). The zero-order chi connectivity index (χ0) is 14.1. The molecule has 3 aromatic rings. The molecular formula is C14H11BrN2O2S. The molecule has 0 saturated carbocycles. The molecule has 0 radical (unpaired) electrons. The molecule has 2 aromatic heterocycles. The van der Waals surface area contributed by atoms with Crippen LogP contribution in [-0.2, 0) is 0 Å². The fourth-order valence-corrected chi connectivity index (χ4v) is 3.48. The first-order valence-electron chi connectivity index (χ1n) is 5.83. The number of thiophene rings is 1. The summed E-state index contributed by atoms with van der Waals surface area (Å²) in [5, 5.41) is 5.87. The summed E-state index contributed by atoms with van der Waals surface area (Å²) in [6.45, 7) is 0. The summed E-state index contributed by atoms with van der Waals surface area (Å²) in [6.07, 6.45) is 0. The van der Waals surface area contributed by atoms with Crippen LogP contribution in [0.2, 0.25) is 0 Å². The molecule has 102 valence electrons. The zero-order valence-electron chi connectivity index (χ0n) is 10.6. The molecule has 20 heavy (non-hydrogen) atoms. The number of aromatic nitrogens is 1. The van der Waals surface area contributed by atoms with Crippen LogP contribution in [0.4, 0.5) is 5.82 Å². The smallest absolute Gasteiger partial charge is 0.187 e. The Bertz CT molecular complexity index is 734. The van der Waals surface area contributed by atoms with Crippen LogP contribution in [0.25, 0.3) is 21.8 Å². The Morgan fingerprint density at radius 3 is 2.60 bits per heavy atom. The van der Waals surface area contributed by atoms with E-state index in [0.29, 0.717) is 11.6 Å². The molecule has 1 aromatic carbocycles. The summed E-state index contributed by atoms with van der Waals surface area (Å²) >= 11 is 5.08. The fourth-order valence-electron chi connectivity index (χ4n) is 1.95. The molecule has 0 amide bonds. The van der Waals surface area contributed by atoms with Gasteiger partial charge in [0.05, 0.1) is 17.6 Å². The Morgan fingerprint density at radius 1 is 1.25 bits per heavy atom. The second-order valence-electron chi connectivity index (χ2n) is 4.10. The van der Waals surface area contributed by atoms with Crippen molar-refractivity contribution in [2.45, 2.75) is 0 Å². The number of hydrogen-bond acceptors (Lipinski definition) is 5. The molecule has 0 bridgehead atoms. The SMILES string of the molecule is COc1ccc(-c2c(N)noc2-c2sccc2Br)cc1. The molecule has 0 spiro atoms. The van der Waals surface area contributed by atoms with Gasteiger partial charge in [0.15, 0.2) is 11.6 Å². The third-order valence-corrected chi connectivity index (χ3v) is 4.76. The molecule has 0 aliphatic carbocycles. The first-order valence-corrected chi connectivity index (χ1v) is 7.51. The first-order chi connectivity index (χ1) is 9.70. The predicted octanol–water partition coefficient (Wildman–Crippen LogP) is 4.42. The highest BCUT2D eigenvalue weighted by molar-refractivity contribution is 9.10. The van der Waals surface area contributed by atoms with E-state index in [1.54, 1.807) is 18.4 Å². The molecule has 0 atom stereocenters. The van der Waals surface area contributed by atoms with E-state index in [2.05, 4.69) is 21.1 Å². The molecule has 0 fully saturated rings. The van der Waals surface area contributed by atoms with Crippen LogP contribution in [0.5, 0.6) is 5.75 Å². The van der Waals surface area contributed by atoms with Crippen molar-refractivity contribution >= 4 is 33.1 Å². The lowest BCUT2D eigenvalue weighted by Gasteiger charge is -2.04.